The number of hydrogen-bond acceptors (Lipinski definition) is 5. The van der Waals surface area contributed by atoms with Crippen LogP contribution in [-0.4, -0.2) is 16.1 Å². The van der Waals surface area contributed by atoms with E-state index < -0.39 is 5.97 Å². The molecule has 2 rings (SSSR count). The molecule has 0 saturated heterocycles. The van der Waals surface area contributed by atoms with Crippen molar-refractivity contribution in [3.05, 3.63) is 42.0 Å². The van der Waals surface area contributed by atoms with Gasteiger partial charge in [0.05, 0.1) is 18.1 Å². The Morgan fingerprint density at radius 3 is 3.06 bits per heavy atom. The number of rotatable bonds is 4. The van der Waals surface area contributed by atoms with Gasteiger partial charge in [-0.2, -0.15) is 0 Å². The third-order valence-corrected chi connectivity index (χ3v) is 2.03. The Morgan fingerprint density at radius 1 is 1.59 bits per heavy atom. The number of hydrogen-bond donors (Lipinski definition) is 2. The zero-order valence-electron chi connectivity index (χ0n) is 8.79. The molecule has 0 amide bonds. The quantitative estimate of drug-likeness (QED) is 0.832. The minimum Gasteiger partial charge on any atom is -0.477 e. The van der Waals surface area contributed by atoms with Gasteiger partial charge in [-0.1, -0.05) is 0 Å². The van der Waals surface area contributed by atoms with Gasteiger partial charge in [-0.05, 0) is 18.2 Å². The molecule has 0 aromatic carbocycles. The van der Waals surface area contributed by atoms with Gasteiger partial charge < -0.3 is 20.0 Å². The average molecular weight is 234 g/mol. The largest absolute Gasteiger partial charge is 0.477 e. The smallest absolute Gasteiger partial charge is 0.341 e. The summed E-state index contributed by atoms with van der Waals surface area (Å²) in [5.41, 5.74) is 5.65. The number of ether oxygens (including phenoxy) is 1. The van der Waals surface area contributed by atoms with Gasteiger partial charge in [-0.15, -0.1) is 0 Å². The number of pyridine rings is 1. The summed E-state index contributed by atoms with van der Waals surface area (Å²) in [7, 11) is 0. The maximum Gasteiger partial charge on any atom is 0.341 e. The Morgan fingerprint density at radius 2 is 2.41 bits per heavy atom. The lowest BCUT2D eigenvalue weighted by molar-refractivity contribution is 0.0690. The van der Waals surface area contributed by atoms with E-state index in [1.54, 1.807) is 12.1 Å². The number of nitrogens with two attached hydrogens (primary N) is 1. The van der Waals surface area contributed by atoms with E-state index in [1.807, 2.05) is 0 Å². The van der Waals surface area contributed by atoms with Crippen molar-refractivity contribution in [1.82, 2.24) is 4.98 Å². The van der Waals surface area contributed by atoms with E-state index in [9.17, 15) is 4.79 Å². The van der Waals surface area contributed by atoms with Crippen LogP contribution in [-0.2, 0) is 6.61 Å². The molecule has 0 spiro atoms. The van der Waals surface area contributed by atoms with Crippen molar-refractivity contribution in [3.8, 4) is 5.88 Å². The second-order valence-corrected chi connectivity index (χ2v) is 3.29. The van der Waals surface area contributed by atoms with Crippen LogP contribution in [0, 0.1) is 0 Å². The summed E-state index contributed by atoms with van der Waals surface area (Å²) >= 11 is 0. The average Bonchev–Trinajstić information content (AvgIpc) is 2.80. The summed E-state index contributed by atoms with van der Waals surface area (Å²) in [5.74, 6) is -0.540. The SMILES string of the molecule is Nc1cnc(OCc2ccco2)c(C(=O)O)c1. The maximum absolute atomic E-state index is 10.9. The van der Waals surface area contributed by atoms with Gasteiger partial charge in [-0.3, -0.25) is 0 Å². The molecular weight excluding hydrogens is 224 g/mol. The Bertz CT molecular complexity index is 522. The van der Waals surface area contributed by atoms with Crippen molar-refractivity contribution >= 4 is 11.7 Å². The van der Waals surface area contributed by atoms with E-state index in [2.05, 4.69) is 4.98 Å². The standard InChI is InChI=1S/C11H10N2O4/c12-7-4-9(11(14)15)10(13-5-7)17-6-8-2-1-3-16-8/h1-5H,6,12H2,(H,14,15). The van der Waals surface area contributed by atoms with E-state index in [-0.39, 0.29) is 23.7 Å². The van der Waals surface area contributed by atoms with Gasteiger partial charge in [0.2, 0.25) is 5.88 Å². The Balaban J connectivity index is 2.17. The first-order valence-electron chi connectivity index (χ1n) is 4.81. The molecule has 3 N–H and O–H groups in total. The summed E-state index contributed by atoms with van der Waals surface area (Å²) < 4.78 is 10.3. The summed E-state index contributed by atoms with van der Waals surface area (Å²) in [6.45, 7) is 0.115. The molecule has 6 nitrogen and oxygen atoms in total. The number of carbonyl (C=O) groups is 1. The fourth-order valence-electron chi connectivity index (χ4n) is 1.27. The Labute approximate surface area is 96.6 Å². The van der Waals surface area contributed by atoms with Crippen LogP contribution in [0.3, 0.4) is 0 Å². The van der Waals surface area contributed by atoms with Crippen molar-refractivity contribution in [2.45, 2.75) is 6.61 Å². The van der Waals surface area contributed by atoms with Crippen molar-refractivity contribution in [3.63, 3.8) is 0 Å². The Kier molecular flexibility index (Phi) is 2.95. The maximum atomic E-state index is 10.9. The first-order chi connectivity index (χ1) is 8.16. The lowest BCUT2D eigenvalue weighted by Crippen LogP contribution is -2.06. The molecule has 0 atom stereocenters. The monoisotopic (exact) mass is 234 g/mol. The van der Waals surface area contributed by atoms with Gasteiger partial charge in [0, 0.05) is 0 Å². The van der Waals surface area contributed by atoms with E-state index in [0.29, 0.717) is 5.76 Å². The van der Waals surface area contributed by atoms with Gasteiger partial charge >= 0.3 is 5.97 Å². The van der Waals surface area contributed by atoms with E-state index in [1.165, 1.54) is 18.5 Å². The van der Waals surface area contributed by atoms with Gasteiger partial charge in [0.1, 0.15) is 17.9 Å². The molecule has 0 bridgehead atoms. The Hall–Kier alpha value is -2.50. The second-order valence-electron chi connectivity index (χ2n) is 3.29. The topological polar surface area (TPSA) is 98.6 Å². The molecule has 0 aliphatic heterocycles. The summed E-state index contributed by atoms with van der Waals surface area (Å²) in [6, 6.07) is 4.73. The van der Waals surface area contributed by atoms with Gasteiger partial charge in [-0.25, -0.2) is 9.78 Å². The van der Waals surface area contributed by atoms with Crippen LogP contribution in [0.15, 0.2) is 35.1 Å². The number of carboxylic acid groups (broad SMARTS) is 1. The molecule has 2 heterocycles. The third-order valence-electron chi connectivity index (χ3n) is 2.03. The lowest BCUT2D eigenvalue weighted by Gasteiger charge is -2.06. The van der Waals surface area contributed by atoms with E-state index in [0.717, 1.165) is 0 Å². The minimum atomic E-state index is -1.14. The van der Waals surface area contributed by atoms with Crippen LogP contribution in [0.4, 0.5) is 5.69 Å². The number of aromatic nitrogens is 1. The van der Waals surface area contributed by atoms with Gasteiger partial charge in [0.25, 0.3) is 0 Å². The van der Waals surface area contributed by atoms with E-state index >= 15 is 0 Å². The number of aromatic carboxylic acids is 1. The predicted molar refractivity (Wildman–Crippen MR) is 58.6 cm³/mol. The van der Waals surface area contributed by atoms with Crippen LogP contribution in [0.5, 0.6) is 5.88 Å². The van der Waals surface area contributed by atoms with E-state index in [4.69, 9.17) is 20.0 Å². The molecular formula is C11H10N2O4. The molecule has 0 aliphatic rings. The van der Waals surface area contributed by atoms with Crippen LogP contribution >= 0.6 is 0 Å². The van der Waals surface area contributed by atoms with Crippen molar-refractivity contribution in [1.29, 1.82) is 0 Å². The highest BCUT2D eigenvalue weighted by molar-refractivity contribution is 5.91. The molecule has 0 saturated carbocycles. The lowest BCUT2D eigenvalue weighted by atomic mass is 10.2. The van der Waals surface area contributed by atoms with Crippen molar-refractivity contribution < 1.29 is 19.1 Å². The molecule has 0 fully saturated rings. The molecule has 88 valence electrons. The number of carboxylic acids is 1. The fourth-order valence-corrected chi connectivity index (χ4v) is 1.27. The molecule has 0 unspecified atom stereocenters. The predicted octanol–water partition coefficient (Wildman–Crippen LogP) is 1.53. The summed E-state index contributed by atoms with van der Waals surface area (Å²) in [4.78, 5) is 14.8. The van der Waals surface area contributed by atoms with Crippen molar-refractivity contribution in [2.24, 2.45) is 0 Å². The highest BCUT2D eigenvalue weighted by atomic mass is 16.5. The third kappa shape index (κ3) is 2.54. The number of anilines is 1. The highest BCUT2D eigenvalue weighted by Gasteiger charge is 2.13. The summed E-state index contributed by atoms with van der Waals surface area (Å²) in [6.07, 6.45) is 2.84. The zero-order chi connectivity index (χ0) is 12.3. The zero-order valence-corrected chi connectivity index (χ0v) is 8.79. The molecule has 0 radical (unpaired) electrons. The normalized spacial score (nSPS) is 10.1. The first kappa shape index (κ1) is 11.0. The van der Waals surface area contributed by atoms with Crippen LogP contribution in [0.1, 0.15) is 16.1 Å². The second kappa shape index (κ2) is 4.56. The highest BCUT2D eigenvalue weighted by Crippen LogP contribution is 2.19. The molecule has 17 heavy (non-hydrogen) atoms. The molecule has 0 aliphatic carbocycles. The van der Waals surface area contributed by atoms with Crippen LogP contribution in [0.25, 0.3) is 0 Å². The van der Waals surface area contributed by atoms with Crippen LogP contribution in [0.2, 0.25) is 0 Å². The van der Waals surface area contributed by atoms with Crippen LogP contribution < -0.4 is 10.5 Å². The number of nitrogen functional groups attached to an aromatic ring is 1. The number of nitrogens with zero attached hydrogens (tertiary/aromatic N) is 1. The van der Waals surface area contributed by atoms with Crippen molar-refractivity contribution in [2.75, 3.05) is 5.73 Å². The first-order valence-corrected chi connectivity index (χ1v) is 4.81. The summed E-state index contributed by atoms with van der Waals surface area (Å²) in [5, 5.41) is 8.95. The fraction of sp³-hybridized carbons (Fsp3) is 0.0909. The molecule has 2 aromatic heterocycles. The molecule has 2 aromatic rings. The number of furan rings is 1. The van der Waals surface area contributed by atoms with Gasteiger partial charge in [0.15, 0.2) is 0 Å². The molecule has 6 heteroatoms. The minimum absolute atomic E-state index is 0.0168.